The maximum Gasteiger partial charge on any atom is 0.305 e. The Hall–Kier alpha value is -0.660. The average molecular weight is 306 g/mol. The van der Waals surface area contributed by atoms with Gasteiger partial charge in [-0.25, -0.2) is 12.7 Å². The van der Waals surface area contributed by atoms with Gasteiger partial charge in [-0.1, -0.05) is 6.92 Å². The van der Waals surface area contributed by atoms with Crippen LogP contribution in [0.1, 0.15) is 32.6 Å². The van der Waals surface area contributed by atoms with Gasteiger partial charge in [0, 0.05) is 19.5 Å². The minimum Gasteiger partial charge on any atom is -0.469 e. The molecular formula is C13H26N2O4S. The summed E-state index contributed by atoms with van der Waals surface area (Å²) in [5.74, 6) is 0.0918. The Morgan fingerprint density at radius 3 is 2.55 bits per heavy atom. The monoisotopic (exact) mass is 306 g/mol. The molecule has 1 aliphatic rings. The summed E-state index contributed by atoms with van der Waals surface area (Å²) in [6.07, 6.45) is 2.51. The van der Waals surface area contributed by atoms with E-state index in [1.54, 1.807) is 4.31 Å². The molecule has 0 radical (unpaired) electrons. The van der Waals surface area contributed by atoms with Crippen molar-refractivity contribution in [2.75, 3.05) is 39.0 Å². The second-order valence-electron chi connectivity index (χ2n) is 5.14. The van der Waals surface area contributed by atoms with E-state index in [-0.39, 0.29) is 18.1 Å². The lowest BCUT2D eigenvalue weighted by atomic mass is 9.98. The predicted molar refractivity (Wildman–Crippen MR) is 77.9 cm³/mol. The minimum atomic E-state index is -3.27. The number of hydrogen-bond acceptors (Lipinski definition) is 5. The Labute approximate surface area is 121 Å². The van der Waals surface area contributed by atoms with Gasteiger partial charge in [-0.3, -0.25) is 4.79 Å². The molecule has 0 unspecified atom stereocenters. The molecule has 1 rings (SSSR count). The van der Waals surface area contributed by atoms with Gasteiger partial charge in [-0.2, -0.15) is 0 Å². The molecule has 0 aromatic rings. The Kier molecular flexibility index (Phi) is 7.47. The van der Waals surface area contributed by atoms with E-state index < -0.39 is 10.0 Å². The van der Waals surface area contributed by atoms with Crippen molar-refractivity contribution < 1.29 is 17.9 Å². The highest BCUT2D eigenvalue weighted by atomic mass is 32.2. The van der Waals surface area contributed by atoms with Crippen LogP contribution in [0.3, 0.4) is 0 Å². The summed E-state index contributed by atoms with van der Waals surface area (Å²) in [6, 6.07) is 0. The highest BCUT2D eigenvalue weighted by molar-refractivity contribution is 7.89. The second-order valence-corrected chi connectivity index (χ2v) is 7.23. The van der Waals surface area contributed by atoms with Gasteiger partial charge in [0.15, 0.2) is 0 Å². The van der Waals surface area contributed by atoms with Crippen LogP contribution in [0.2, 0.25) is 0 Å². The van der Waals surface area contributed by atoms with E-state index in [2.05, 4.69) is 10.1 Å². The minimum absolute atomic E-state index is 0.0148. The third-order valence-electron chi connectivity index (χ3n) is 3.68. The molecule has 0 aliphatic carbocycles. The lowest BCUT2D eigenvalue weighted by molar-refractivity contribution is -0.140. The summed E-state index contributed by atoms with van der Waals surface area (Å²) in [7, 11) is -1.96. The summed E-state index contributed by atoms with van der Waals surface area (Å²) in [6.45, 7) is 4.87. The van der Waals surface area contributed by atoms with Gasteiger partial charge < -0.3 is 10.1 Å². The van der Waals surface area contributed by atoms with Crippen LogP contribution in [0.5, 0.6) is 0 Å². The Morgan fingerprint density at radius 2 is 2.00 bits per heavy atom. The van der Waals surface area contributed by atoms with Crippen LogP contribution < -0.4 is 5.32 Å². The number of carbonyl (C=O) groups excluding carboxylic acids is 1. The van der Waals surface area contributed by atoms with Gasteiger partial charge in [-0.15, -0.1) is 0 Å². The first kappa shape index (κ1) is 17.4. The molecule has 0 spiro atoms. The Balaban J connectivity index is 2.46. The lowest BCUT2D eigenvalue weighted by Crippen LogP contribution is -2.40. The van der Waals surface area contributed by atoms with E-state index in [9.17, 15) is 13.2 Å². The fourth-order valence-electron chi connectivity index (χ4n) is 2.42. The standard InChI is InChI=1S/C13H26N2O4S/c1-3-15(11-12-6-8-14-9-7-12)20(17,18)10-4-5-13(16)19-2/h12,14H,3-11H2,1-2H3. The Bertz CT molecular complexity index is 391. The molecule has 1 heterocycles. The molecule has 0 bridgehead atoms. The third kappa shape index (κ3) is 5.76. The topological polar surface area (TPSA) is 75.7 Å². The number of rotatable bonds is 8. The number of nitrogens with one attached hydrogen (secondary N) is 1. The molecule has 0 saturated carbocycles. The van der Waals surface area contributed by atoms with Gasteiger partial charge in [0.2, 0.25) is 10.0 Å². The fourth-order valence-corrected chi connectivity index (χ4v) is 4.02. The summed E-state index contributed by atoms with van der Waals surface area (Å²) in [4.78, 5) is 11.0. The maximum absolute atomic E-state index is 12.3. The molecule has 0 amide bonds. The summed E-state index contributed by atoms with van der Waals surface area (Å²) in [5.41, 5.74) is 0. The normalized spacial score (nSPS) is 17.4. The summed E-state index contributed by atoms with van der Waals surface area (Å²) in [5, 5.41) is 3.28. The number of hydrogen-bond donors (Lipinski definition) is 1. The zero-order valence-corrected chi connectivity index (χ0v) is 13.2. The lowest BCUT2D eigenvalue weighted by Gasteiger charge is -2.28. The number of methoxy groups -OCH3 is 1. The second kappa shape index (κ2) is 8.59. The molecule has 1 aliphatic heterocycles. The number of sulfonamides is 1. The molecule has 20 heavy (non-hydrogen) atoms. The molecule has 0 atom stereocenters. The quantitative estimate of drug-likeness (QED) is 0.664. The van der Waals surface area contributed by atoms with Crippen molar-refractivity contribution in [1.82, 2.24) is 9.62 Å². The highest BCUT2D eigenvalue weighted by Crippen LogP contribution is 2.16. The van der Waals surface area contributed by atoms with Gasteiger partial charge in [0.05, 0.1) is 12.9 Å². The first-order valence-corrected chi connectivity index (χ1v) is 8.86. The third-order valence-corrected chi connectivity index (χ3v) is 5.68. The van der Waals surface area contributed by atoms with E-state index >= 15 is 0 Å². The van der Waals surface area contributed by atoms with Crippen molar-refractivity contribution in [3.63, 3.8) is 0 Å². The number of nitrogens with zero attached hydrogens (tertiary/aromatic N) is 1. The molecule has 7 heteroatoms. The van der Waals surface area contributed by atoms with E-state index in [1.807, 2.05) is 6.92 Å². The van der Waals surface area contributed by atoms with E-state index in [0.717, 1.165) is 25.9 Å². The van der Waals surface area contributed by atoms with Crippen LogP contribution in [0.4, 0.5) is 0 Å². The smallest absolute Gasteiger partial charge is 0.305 e. The van der Waals surface area contributed by atoms with Crippen LogP contribution in [-0.4, -0.2) is 57.7 Å². The first-order valence-electron chi connectivity index (χ1n) is 7.25. The van der Waals surface area contributed by atoms with Crippen LogP contribution in [0.15, 0.2) is 0 Å². The Morgan fingerprint density at radius 1 is 1.35 bits per heavy atom. The van der Waals surface area contributed by atoms with Gasteiger partial charge >= 0.3 is 5.97 Å². The van der Waals surface area contributed by atoms with Crippen molar-refractivity contribution in [2.24, 2.45) is 5.92 Å². The van der Waals surface area contributed by atoms with Gasteiger partial charge in [0.1, 0.15) is 0 Å². The molecule has 0 aromatic heterocycles. The molecule has 118 valence electrons. The number of ether oxygens (including phenoxy) is 1. The summed E-state index contributed by atoms with van der Waals surface area (Å²) < 4.78 is 30.6. The highest BCUT2D eigenvalue weighted by Gasteiger charge is 2.24. The SMILES string of the molecule is CCN(CC1CCNCC1)S(=O)(=O)CCCC(=O)OC. The summed E-state index contributed by atoms with van der Waals surface area (Å²) >= 11 is 0. The molecule has 1 fully saturated rings. The van der Waals surface area contributed by atoms with Gasteiger partial charge in [0.25, 0.3) is 0 Å². The fraction of sp³-hybridized carbons (Fsp3) is 0.923. The first-order chi connectivity index (χ1) is 9.49. The van der Waals surface area contributed by atoms with Crippen LogP contribution in [-0.2, 0) is 19.6 Å². The molecule has 1 N–H and O–H groups in total. The number of carbonyl (C=O) groups is 1. The van der Waals surface area contributed by atoms with Crippen molar-refractivity contribution in [1.29, 1.82) is 0 Å². The zero-order chi connectivity index (χ0) is 15.0. The van der Waals surface area contributed by atoms with Crippen LogP contribution in [0.25, 0.3) is 0 Å². The molecule has 1 saturated heterocycles. The molecular weight excluding hydrogens is 280 g/mol. The van der Waals surface area contributed by atoms with E-state index in [1.165, 1.54) is 7.11 Å². The number of piperidine rings is 1. The van der Waals surface area contributed by atoms with Crippen molar-refractivity contribution >= 4 is 16.0 Å². The predicted octanol–water partition coefficient (Wildman–Crippen LogP) is 0.591. The van der Waals surface area contributed by atoms with Crippen molar-refractivity contribution in [2.45, 2.75) is 32.6 Å². The molecule has 6 nitrogen and oxygen atoms in total. The number of esters is 1. The van der Waals surface area contributed by atoms with E-state index in [4.69, 9.17) is 0 Å². The maximum atomic E-state index is 12.3. The van der Waals surface area contributed by atoms with Crippen molar-refractivity contribution in [3.05, 3.63) is 0 Å². The average Bonchev–Trinajstić information content (AvgIpc) is 2.45. The zero-order valence-electron chi connectivity index (χ0n) is 12.4. The van der Waals surface area contributed by atoms with Gasteiger partial charge in [-0.05, 0) is 38.3 Å². The van der Waals surface area contributed by atoms with Crippen LogP contribution >= 0.6 is 0 Å². The van der Waals surface area contributed by atoms with Crippen molar-refractivity contribution in [3.8, 4) is 0 Å². The largest absolute Gasteiger partial charge is 0.469 e. The van der Waals surface area contributed by atoms with Crippen LogP contribution in [0, 0.1) is 5.92 Å². The molecule has 0 aromatic carbocycles. The van der Waals surface area contributed by atoms with E-state index in [0.29, 0.717) is 25.4 Å².